The van der Waals surface area contributed by atoms with Crippen LogP contribution in [-0.4, -0.2) is 23.5 Å². The van der Waals surface area contributed by atoms with Crippen LogP contribution in [0.15, 0.2) is 24.3 Å². The van der Waals surface area contributed by atoms with Crippen molar-refractivity contribution in [3.8, 4) is 0 Å². The quantitative estimate of drug-likeness (QED) is 0.763. The first kappa shape index (κ1) is 12.6. The molecule has 1 aromatic carbocycles. The Morgan fingerprint density at radius 2 is 2.17 bits per heavy atom. The number of carbonyl (C=O) groups excluding carboxylic acids is 1. The molecule has 0 saturated carbocycles. The van der Waals surface area contributed by atoms with Crippen molar-refractivity contribution in [1.82, 2.24) is 10.3 Å². The summed E-state index contributed by atoms with van der Waals surface area (Å²) in [6, 6.07) is 8.01. The number of para-hydroxylation sites is 1. The number of carbonyl (C=O) groups is 1. The van der Waals surface area contributed by atoms with Gasteiger partial charge in [-0.25, -0.2) is 0 Å². The van der Waals surface area contributed by atoms with Crippen molar-refractivity contribution >= 4 is 16.8 Å². The minimum atomic E-state index is -0.0157. The van der Waals surface area contributed by atoms with Crippen LogP contribution in [0.3, 0.4) is 0 Å². The van der Waals surface area contributed by atoms with E-state index in [2.05, 4.69) is 10.3 Å². The number of hydrogen-bond acceptors (Lipinski definition) is 2. The molecule has 0 saturated heterocycles. The third kappa shape index (κ3) is 2.71. The molecule has 2 aromatic rings. The van der Waals surface area contributed by atoms with Gasteiger partial charge in [-0.15, -0.1) is 0 Å². The largest absolute Gasteiger partial charge is 0.358 e. The second-order valence-corrected chi connectivity index (χ2v) is 4.73. The summed E-state index contributed by atoms with van der Waals surface area (Å²) in [5.74, 6) is 0.0140. The van der Waals surface area contributed by atoms with Crippen molar-refractivity contribution in [2.45, 2.75) is 26.3 Å². The highest BCUT2D eigenvalue weighted by Gasteiger charge is 2.11. The number of benzene rings is 1. The van der Waals surface area contributed by atoms with Crippen LogP contribution in [0.2, 0.25) is 0 Å². The van der Waals surface area contributed by atoms with Crippen molar-refractivity contribution in [3.63, 3.8) is 0 Å². The average molecular weight is 245 g/mol. The third-order valence-corrected chi connectivity index (χ3v) is 2.99. The second-order valence-electron chi connectivity index (χ2n) is 4.73. The molecular formula is C14H19N3O. The lowest BCUT2D eigenvalue weighted by molar-refractivity contribution is -0.120. The fourth-order valence-electron chi connectivity index (χ4n) is 2.06. The molecule has 0 radical (unpaired) electrons. The Hall–Kier alpha value is -1.81. The van der Waals surface area contributed by atoms with Gasteiger partial charge in [-0.1, -0.05) is 18.2 Å². The average Bonchev–Trinajstić information content (AvgIpc) is 2.64. The van der Waals surface area contributed by atoms with Gasteiger partial charge in [-0.3, -0.25) is 4.79 Å². The van der Waals surface area contributed by atoms with Gasteiger partial charge in [0.15, 0.2) is 0 Å². The van der Waals surface area contributed by atoms with Gasteiger partial charge in [0.2, 0.25) is 5.91 Å². The van der Waals surface area contributed by atoms with E-state index < -0.39 is 0 Å². The predicted octanol–water partition coefficient (Wildman–Crippen LogP) is 1.48. The maximum Gasteiger partial charge on any atom is 0.224 e. The molecule has 0 aliphatic carbocycles. The number of aryl methyl sites for hydroxylation is 1. The minimum Gasteiger partial charge on any atom is -0.358 e. The first-order valence-electron chi connectivity index (χ1n) is 6.16. The van der Waals surface area contributed by atoms with Crippen LogP contribution in [0, 0.1) is 6.92 Å². The summed E-state index contributed by atoms with van der Waals surface area (Å²) >= 11 is 0. The van der Waals surface area contributed by atoms with E-state index in [4.69, 9.17) is 5.73 Å². The van der Waals surface area contributed by atoms with E-state index >= 15 is 0 Å². The van der Waals surface area contributed by atoms with Gasteiger partial charge in [0.25, 0.3) is 0 Å². The normalized spacial score (nSPS) is 12.6. The van der Waals surface area contributed by atoms with E-state index in [9.17, 15) is 4.79 Å². The molecule has 4 heteroatoms. The number of nitrogens with one attached hydrogen (secondary N) is 2. The van der Waals surface area contributed by atoms with Gasteiger partial charge in [0, 0.05) is 29.2 Å². The Balaban J connectivity index is 2.16. The summed E-state index contributed by atoms with van der Waals surface area (Å²) in [5, 5.41) is 3.95. The number of rotatable bonds is 4. The molecule has 1 aromatic heterocycles. The number of amides is 1. The van der Waals surface area contributed by atoms with E-state index in [1.54, 1.807) is 0 Å². The van der Waals surface area contributed by atoms with Crippen molar-refractivity contribution in [2.75, 3.05) is 6.54 Å². The lowest BCUT2D eigenvalue weighted by Gasteiger charge is -2.07. The van der Waals surface area contributed by atoms with E-state index in [1.807, 2.05) is 38.1 Å². The molecule has 2 rings (SSSR count). The van der Waals surface area contributed by atoms with Crippen LogP contribution in [0.1, 0.15) is 18.2 Å². The molecule has 0 aliphatic rings. The molecule has 0 fully saturated rings. The van der Waals surface area contributed by atoms with Gasteiger partial charge in [-0.05, 0) is 25.5 Å². The van der Waals surface area contributed by atoms with E-state index in [0.717, 1.165) is 22.2 Å². The summed E-state index contributed by atoms with van der Waals surface area (Å²) in [7, 11) is 0. The zero-order chi connectivity index (χ0) is 13.1. The number of aromatic nitrogens is 1. The summed E-state index contributed by atoms with van der Waals surface area (Å²) in [5.41, 5.74) is 8.80. The first-order chi connectivity index (χ1) is 8.58. The molecule has 18 heavy (non-hydrogen) atoms. The number of aromatic amines is 1. The van der Waals surface area contributed by atoms with Gasteiger partial charge >= 0.3 is 0 Å². The number of fused-ring (bicyclic) bond motifs is 1. The monoisotopic (exact) mass is 245 g/mol. The Labute approximate surface area is 107 Å². The Kier molecular flexibility index (Phi) is 3.67. The number of H-pyrrole nitrogens is 1. The predicted molar refractivity (Wildman–Crippen MR) is 73.4 cm³/mol. The molecule has 0 aliphatic heterocycles. The molecule has 96 valence electrons. The molecule has 4 nitrogen and oxygen atoms in total. The van der Waals surface area contributed by atoms with Gasteiger partial charge in [0.05, 0.1) is 6.42 Å². The van der Waals surface area contributed by atoms with Crippen molar-refractivity contribution in [1.29, 1.82) is 0 Å². The summed E-state index contributed by atoms with van der Waals surface area (Å²) in [6.45, 7) is 4.38. The number of nitrogens with two attached hydrogens (primary N) is 1. The molecule has 1 atom stereocenters. The molecule has 1 unspecified atom stereocenters. The van der Waals surface area contributed by atoms with Crippen molar-refractivity contribution in [2.24, 2.45) is 5.73 Å². The van der Waals surface area contributed by atoms with Gasteiger partial charge in [-0.2, -0.15) is 0 Å². The maximum atomic E-state index is 11.8. The maximum absolute atomic E-state index is 11.8. The van der Waals surface area contributed by atoms with E-state index in [1.165, 1.54) is 0 Å². The smallest absolute Gasteiger partial charge is 0.224 e. The zero-order valence-corrected chi connectivity index (χ0v) is 10.8. The second kappa shape index (κ2) is 5.23. The fourth-order valence-corrected chi connectivity index (χ4v) is 2.06. The molecule has 4 N–H and O–H groups in total. The molecule has 0 spiro atoms. The van der Waals surface area contributed by atoms with Crippen LogP contribution >= 0.6 is 0 Å². The highest BCUT2D eigenvalue weighted by molar-refractivity contribution is 5.90. The fraction of sp³-hybridized carbons (Fsp3) is 0.357. The number of hydrogen-bond donors (Lipinski definition) is 3. The van der Waals surface area contributed by atoms with Crippen LogP contribution in [0.5, 0.6) is 0 Å². The summed E-state index contributed by atoms with van der Waals surface area (Å²) < 4.78 is 0. The van der Waals surface area contributed by atoms with Crippen LogP contribution in [0.25, 0.3) is 10.9 Å². The lowest BCUT2D eigenvalue weighted by atomic mass is 10.1. The van der Waals surface area contributed by atoms with Crippen molar-refractivity contribution in [3.05, 3.63) is 35.5 Å². The summed E-state index contributed by atoms with van der Waals surface area (Å²) in [6.07, 6.45) is 0.391. The molecule has 0 bridgehead atoms. The highest BCUT2D eigenvalue weighted by Crippen LogP contribution is 2.22. The Morgan fingerprint density at radius 1 is 1.44 bits per heavy atom. The lowest BCUT2D eigenvalue weighted by Crippen LogP contribution is -2.35. The van der Waals surface area contributed by atoms with Gasteiger partial charge in [0.1, 0.15) is 0 Å². The van der Waals surface area contributed by atoms with Crippen LogP contribution in [-0.2, 0) is 11.2 Å². The van der Waals surface area contributed by atoms with Crippen LogP contribution < -0.4 is 11.1 Å². The zero-order valence-electron chi connectivity index (χ0n) is 10.8. The standard InChI is InChI=1S/C14H19N3O/c1-9(15)8-16-14(18)7-12-10(2)17-13-6-4-3-5-11(12)13/h3-6,9,17H,7-8,15H2,1-2H3,(H,16,18). The molecular weight excluding hydrogens is 226 g/mol. The minimum absolute atomic E-state index is 0.0140. The highest BCUT2D eigenvalue weighted by atomic mass is 16.1. The Morgan fingerprint density at radius 3 is 2.89 bits per heavy atom. The van der Waals surface area contributed by atoms with Crippen molar-refractivity contribution < 1.29 is 4.79 Å². The van der Waals surface area contributed by atoms with E-state index in [0.29, 0.717) is 13.0 Å². The third-order valence-electron chi connectivity index (χ3n) is 2.99. The van der Waals surface area contributed by atoms with Crippen LogP contribution in [0.4, 0.5) is 0 Å². The first-order valence-corrected chi connectivity index (χ1v) is 6.16. The molecule has 1 amide bonds. The summed E-state index contributed by atoms with van der Waals surface area (Å²) in [4.78, 5) is 15.1. The van der Waals surface area contributed by atoms with Gasteiger partial charge < -0.3 is 16.0 Å². The Bertz CT molecular complexity index is 557. The topological polar surface area (TPSA) is 70.9 Å². The SMILES string of the molecule is Cc1[nH]c2ccccc2c1CC(=O)NCC(C)N. The molecule has 1 heterocycles. The van der Waals surface area contributed by atoms with E-state index in [-0.39, 0.29) is 11.9 Å².